The number of carbonyl (C=O) groups is 4. The maximum absolute atomic E-state index is 12.5. The zero-order chi connectivity index (χ0) is 20.2. The average Bonchev–Trinajstić information content (AvgIpc) is 2.51. The van der Waals surface area contributed by atoms with Gasteiger partial charge in [0.25, 0.3) is 0 Å². The summed E-state index contributed by atoms with van der Waals surface area (Å²) >= 11 is 0. The van der Waals surface area contributed by atoms with Crippen LogP contribution < -0.4 is 5.32 Å². The van der Waals surface area contributed by atoms with E-state index in [1.165, 1.54) is 53.5 Å². The van der Waals surface area contributed by atoms with Gasteiger partial charge in [0.05, 0.1) is 15.0 Å². The Hall–Kier alpha value is -2.06. The molecule has 0 saturated heterocycles. The lowest BCUT2D eigenvalue weighted by Crippen LogP contribution is -2.59. The molecular weight excluding hydrogens is 327 g/mol. The zero-order valence-electron chi connectivity index (χ0n) is 16.2. The van der Waals surface area contributed by atoms with E-state index >= 15 is 0 Å². The summed E-state index contributed by atoms with van der Waals surface area (Å²) in [5.74, 6) is -2.81. The summed E-state index contributed by atoms with van der Waals surface area (Å²) in [6.07, 6.45) is -0.0170. The van der Waals surface area contributed by atoms with Crippen molar-refractivity contribution in [2.45, 2.75) is 52.7 Å². The van der Waals surface area contributed by atoms with Crippen LogP contribution in [-0.2, 0) is 28.7 Å². The van der Waals surface area contributed by atoms with Gasteiger partial charge in [-0.05, 0) is 48.0 Å². The van der Waals surface area contributed by atoms with E-state index in [-0.39, 0.29) is 6.44 Å². The van der Waals surface area contributed by atoms with Crippen LogP contribution in [0.15, 0.2) is 0 Å². The Morgan fingerprint density at radius 3 is 1.88 bits per heavy atom. The summed E-state index contributed by atoms with van der Waals surface area (Å²) in [4.78, 5) is 50.0. The van der Waals surface area contributed by atoms with Crippen molar-refractivity contribution in [2.24, 2.45) is 5.41 Å². The molecule has 8 nitrogen and oxygen atoms in total. The normalized spacial score (nSPS) is 12.2. The molecule has 25 heavy (non-hydrogen) atoms. The quantitative estimate of drug-likeness (QED) is 0.392. The fourth-order valence-electron chi connectivity index (χ4n) is 1.79. The van der Waals surface area contributed by atoms with Crippen LogP contribution >= 0.6 is 0 Å². The van der Waals surface area contributed by atoms with E-state index < -0.39 is 40.3 Å². The minimum absolute atomic E-state index is 0.0170. The molecule has 0 fully saturated rings. The largest absolute Gasteiger partial charge is 0.466 e. The molecule has 0 atom stereocenters. The predicted molar refractivity (Wildman–Crippen MR) is 91.6 cm³/mol. The van der Waals surface area contributed by atoms with E-state index in [4.69, 9.17) is 12.6 Å². The first kappa shape index (κ1) is 22.9. The minimum Gasteiger partial charge on any atom is -0.466 e. The molecular formula is C16H27BN2O6. The van der Waals surface area contributed by atoms with Crippen molar-refractivity contribution < 1.29 is 28.7 Å². The lowest BCUT2D eigenvalue weighted by atomic mass is 9.90. The summed E-state index contributed by atoms with van der Waals surface area (Å²) in [5, 5.41) is 2.52. The third kappa shape index (κ3) is 5.47. The van der Waals surface area contributed by atoms with Gasteiger partial charge in [-0.2, -0.15) is 0 Å². The van der Waals surface area contributed by atoms with E-state index in [0.29, 0.717) is 0 Å². The molecule has 0 aliphatic rings. The van der Waals surface area contributed by atoms with Crippen LogP contribution in [0.2, 0.25) is 0 Å². The standard InChI is InChI=1S/C16H27BN2O6/c1-14(2,12(22)25-16(5,6)13(23)24-8)10(20)18-15(3,4)11(21)19(7)9-17/h9H2,1-8H3,(H,18,20). The molecule has 2 amide bonds. The predicted octanol–water partition coefficient (Wildman–Crippen LogP) is -0.0134. The molecule has 0 bridgehead atoms. The van der Waals surface area contributed by atoms with Gasteiger partial charge in [-0.3, -0.25) is 14.4 Å². The number of amides is 2. The monoisotopic (exact) mass is 354 g/mol. The van der Waals surface area contributed by atoms with Crippen molar-refractivity contribution in [2.75, 3.05) is 20.6 Å². The summed E-state index contributed by atoms with van der Waals surface area (Å²) < 4.78 is 9.69. The summed E-state index contributed by atoms with van der Waals surface area (Å²) in [5.41, 5.74) is -4.46. The van der Waals surface area contributed by atoms with Crippen molar-refractivity contribution in [3.05, 3.63) is 0 Å². The van der Waals surface area contributed by atoms with E-state index in [2.05, 4.69) is 10.1 Å². The molecule has 1 N–H and O–H groups in total. The van der Waals surface area contributed by atoms with E-state index in [1.54, 1.807) is 0 Å². The zero-order valence-corrected chi connectivity index (χ0v) is 16.2. The molecule has 0 saturated carbocycles. The van der Waals surface area contributed by atoms with Gasteiger partial charge in [0.15, 0.2) is 0 Å². The highest BCUT2D eigenvalue weighted by atomic mass is 16.6. The Morgan fingerprint density at radius 2 is 1.48 bits per heavy atom. The second-order valence-corrected chi connectivity index (χ2v) is 7.28. The van der Waals surface area contributed by atoms with Crippen LogP contribution in [-0.4, -0.2) is 68.2 Å². The van der Waals surface area contributed by atoms with Crippen molar-refractivity contribution >= 4 is 31.6 Å². The lowest BCUT2D eigenvalue weighted by Gasteiger charge is -2.34. The van der Waals surface area contributed by atoms with Crippen LogP contribution in [0, 0.1) is 5.41 Å². The Morgan fingerprint density at radius 1 is 1.00 bits per heavy atom. The Bertz CT molecular complexity index is 557. The molecule has 2 radical (unpaired) electrons. The van der Waals surface area contributed by atoms with Gasteiger partial charge in [-0.1, -0.05) is 0 Å². The smallest absolute Gasteiger partial charge is 0.349 e. The highest BCUT2D eigenvalue weighted by Crippen LogP contribution is 2.24. The third-order valence-electron chi connectivity index (χ3n) is 3.68. The number of rotatable bonds is 7. The Kier molecular flexibility index (Phi) is 7.24. The second-order valence-electron chi connectivity index (χ2n) is 7.28. The number of nitrogens with one attached hydrogen (secondary N) is 1. The highest BCUT2D eigenvalue weighted by molar-refractivity contribution is 6.10. The van der Waals surface area contributed by atoms with Crippen molar-refractivity contribution in [3.8, 4) is 0 Å². The van der Waals surface area contributed by atoms with Gasteiger partial charge in [-0.25, -0.2) is 4.79 Å². The fourth-order valence-corrected chi connectivity index (χ4v) is 1.79. The number of methoxy groups -OCH3 is 1. The number of esters is 2. The number of carbonyl (C=O) groups excluding carboxylic acids is 4. The van der Waals surface area contributed by atoms with E-state index in [0.717, 1.165) is 7.11 Å². The molecule has 0 aromatic heterocycles. The molecule has 140 valence electrons. The van der Waals surface area contributed by atoms with Gasteiger partial charge >= 0.3 is 11.9 Å². The molecule has 0 rings (SSSR count). The first-order valence-corrected chi connectivity index (χ1v) is 7.73. The Balaban J connectivity index is 5.26. The SMILES string of the molecule is [B]CN(C)C(=O)C(C)(C)NC(=O)C(C)(C)C(=O)OC(C)(C)C(=O)OC. The average molecular weight is 354 g/mol. The summed E-state index contributed by atoms with van der Waals surface area (Å²) in [7, 11) is 8.08. The maximum atomic E-state index is 12.5. The molecule has 0 aliphatic carbocycles. The van der Waals surface area contributed by atoms with Crippen LogP contribution in [0.1, 0.15) is 41.5 Å². The lowest BCUT2D eigenvalue weighted by molar-refractivity contribution is -0.184. The summed E-state index contributed by atoms with van der Waals surface area (Å²) in [6, 6.07) is 0. The van der Waals surface area contributed by atoms with Crippen LogP contribution in [0.3, 0.4) is 0 Å². The third-order valence-corrected chi connectivity index (χ3v) is 3.68. The van der Waals surface area contributed by atoms with Gasteiger partial charge in [0, 0.05) is 7.05 Å². The van der Waals surface area contributed by atoms with Crippen LogP contribution in [0.25, 0.3) is 0 Å². The molecule has 0 heterocycles. The van der Waals surface area contributed by atoms with Crippen molar-refractivity contribution in [1.82, 2.24) is 10.2 Å². The number of hydrogen-bond acceptors (Lipinski definition) is 6. The fraction of sp³-hybridized carbons (Fsp3) is 0.750. The van der Waals surface area contributed by atoms with Crippen molar-refractivity contribution in [3.63, 3.8) is 0 Å². The van der Waals surface area contributed by atoms with E-state index in [9.17, 15) is 19.2 Å². The summed E-state index contributed by atoms with van der Waals surface area (Å²) in [6.45, 7) is 8.39. The molecule has 9 heteroatoms. The molecule has 0 aromatic rings. The number of nitrogens with zero attached hydrogens (tertiary/aromatic N) is 1. The Labute approximate surface area is 150 Å². The van der Waals surface area contributed by atoms with Crippen molar-refractivity contribution in [1.29, 1.82) is 0 Å². The van der Waals surface area contributed by atoms with Gasteiger partial charge in [-0.15, -0.1) is 0 Å². The number of likely N-dealkylation sites (N-methyl/N-ethyl adjacent to an activating group) is 1. The first-order valence-electron chi connectivity index (χ1n) is 7.73. The highest BCUT2D eigenvalue weighted by Gasteiger charge is 2.45. The number of ether oxygens (including phenoxy) is 2. The topological polar surface area (TPSA) is 102 Å². The van der Waals surface area contributed by atoms with Gasteiger partial charge in [0.2, 0.25) is 17.4 Å². The minimum atomic E-state index is -1.63. The molecule has 0 unspecified atom stereocenters. The van der Waals surface area contributed by atoms with Crippen LogP contribution in [0.4, 0.5) is 0 Å². The maximum Gasteiger partial charge on any atom is 0.349 e. The molecule has 0 aromatic carbocycles. The van der Waals surface area contributed by atoms with Gasteiger partial charge in [0.1, 0.15) is 11.0 Å². The molecule has 0 spiro atoms. The first-order chi connectivity index (χ1) is 11.1. The number of hydrogen-bond donors (Lipinski definition) is 1. The second kappa shape index (κ2) is 7.88. The molecule has 0 aliphatic heterocycles. The van der Waals surface area contributed by atoms with Crippen LogP contribution in [0.5, 0.6) is 0 Å². The van der Waals surface area contributed by atoms with E-state index in [1.807, 2.05) is 0 Å². The van der Waals surface area contributed by atoms with Gasteiger partial charge < -0.3 is 19.7 Å².